The fourth-order valence-electron chi connectivity index (χ4n) is 7.26. The number of nitrogens with one attached hydrogen (secondary N) is 4. The van der Waals surface area contributed by atoms with E-state index in [2.05, 4.69) is 55.7 Å². The molecule has 412 valence electrons. The number of phosphoric acid groups is 1. The van der Waals surface area contributed by atoms with E-state index >= 15 is 0 Å². The van der Waals surface area contributed by atoms with Crippen LogP contribution in [0.3, 0.4) is 0 Å². The van der Waals surface area contributed by atoms with Crippen molar-refractivity contribution in [3.63, 3.8) is 0 Å². The number of phosphoric ester groups is 1. The van der Waals surface area contributed by atoms with Crippen molar-refractivity contribution in [3.05, 3.63) is 72.6 Å². The summed E-state index contributed by atoms with van der Waals surface area (Å²) in [4.78, 5) is 70.5. The number of carbonyl (C=O) groups excluding carboxylic acids is 2. The highest BCUT2D eigenvalue weighted by molar-refractivity contribution is 7.46. The van der Waals surface area contributed by atoms with Gasteiger partial charge in [0.1, 0.15) is 25.1 Å². The van der Waals surface area contributed by atoms with Gasteiger partial charge in [-0.1, -0.05) is 7.43 Å². The second-order valence-electron chi connectivity index (χ2n) is 16.7. The number of anilines is 10. The molecule has 0 radical (unpaired) electrons. The summed E-state index contributed by atoms with van der Waals surface area (Å²) < 4.78 is 88.4. The highest BCUT2D eigenvalue weighted by Gasteiger charge is 2.44. The number of nitrogens with zero attached hydrogens (tertiary/aromatic N) is 8. The van der Waals surface area contributed by atoms with Crippen LogP contribution in [0.2, 0.25) is 0 Å². The number of amides is 2. The van der Waals surface area contributed by atoms with Crippen molar-refractivity contribution >= 4 is 77.8 Å². The maximum atomic E-state index is 14.7. The van der Waals surface area contributed by atoms with Gasteiger partial charge in [0.05, 0.1) is 55.1 Å². The first-order chi connectivity index (χ1) is 36.0. The van der Waals surface area contributed by atoms with E-state index in [4.69, 9.17) is 47.7 Å². The van der Waals surface area contributed by atoms with Gasteiger partial charge in [0.15, 0.2) is 80.6 Å². The van der Waals surface area contributed by atoms with Gasteiger partial charge in [-0.05, 0) is 52.0 Å². The minimum absolute atomic E-state index is 0. The zero-order valence-corrected chi connectivity index (χ0v) is 43.1. The standard InChI is InChI=1S/C23H26FN6O9P.C23H25FN6O6.CH4/c1-23(2)21(31)30(11-38-40(32,33)34)20-14(39-23)6-7-17(28-20)27-19-13(24)10-25-22(29-19)26-12-8-15(35-3)18(37-5)16(9-12)36-4;1-23(2)21(32)30(11-31)20-14(36-23)6-7-17(28-20)27-19-13(24)10-25-22(29-19)26-12-8-15(33-3)18(35-5)16(9-12)34-4;/h6-10H,11H2,1-5H3,(H2,32,33,34)(H2,25,26,27,28,29);6-10,31H,11H2,1-5H3,(H2,25,26,27,28,29);1H4. The quantitative estimate of drug-likeness (QED) is 0.0440. The minimum atomic E-state index is -4.91. The summed E-state index contributed by atoms with van der Waals surface area (Å²) in [6.07, 6.45) is 1.92. The molecule has 8 rings (SSSR count). The smallest absolute Gasteiger partial charge is 0.471 e. The second kappa shape index (κ2) is 23.5. The van der Waals surface area contributed by atoms with E-state index in [9.17, 15) is 28.0 Å². The van der Waals surface area contributed by atoms with Crippen molar-refractivity contribution in [1.29, 1.82) is 0 Å². The van der Waals surface area contributed by atoms with E-state index in [0.29, 0.717) is 51.6 Å². The first-order valence-electron chi connectivity index (χ1n) is 22.1. The zero-order valence-electron chi connectivity index (χ0n) is 42.2. The Bertz CT molecular complexity index is 3160. The van der Waals surface area contributed by atoms with Crippen LogP contribution in [-0.2, 0) is 18.7 Å². The zero-order chi connectivity index (χ0) is 55.3. The Kier molecular flexibility index (Phi) is 17.6. The molecule has 0 aliphatic carbocycles. The number of hydrogen-bond donors (Lipinski definition) is 7. The number of carbonyl (C=O) groups is 2. The van der Waals surface area contributed by atoms with Crippen molar-refractivity contribution < 1.29 is 80.2 Å². The summed E-state index contributed by atoms with van der Waals surface area (Å²) >= 11 is 0. The number of methoxy groups -OCH3 is 6. The molecular formula is C47H55F2N12O15P. The molecule has 0 fully saturated rings. The molecule has 2 amide bonds. The van der Waals surface area contributed by atoms with Crippen LogP contribution in [0.25, 0.3) is 0 Å². The molecule has 7 N–H and O–H groups in total. The largest absolute Gasteiger partial charge is 0.493 e. The molecule has 4 aromatic heterocycles. The van der Waals surface area contributed by atoms with Crippen LogP contribution >= 0.6 is 7.82 Å². The van der Waals surface area contributed by atoms with E-state index in [0.717, 1.165) is 22.2 Å². The molecule has 6 heterocycles. The molecule has 2 aliphatic heterocycles. The Morgan fingerprint density at radius 3 is 1.32 bits per heavy atom. The van der Waals surface area contributed by atoms with Crippen LogP contribution in [0.1, 0.15) is 35.1 Å². The number of ether oxygens (including phenoxy) is 8. The SMILES string of the molecule is C.COc1cc(Nc2ncc(F)c(Nc3ccc4c(n3)N(CO)C(=O)C(C)(C)O4)n2)cc(OC)c1OC.COc1cc(Nc2ncc(F)c(Nc3ccc4c(n3)N(COP(=O)(O)O)C(=O)C(C)(C)O4)n2)cc(OC)c1OC. The molecule has 0 saturated heterocycles. The number of aliphatic hydroxyl groups excluding tert-OH is 1. The lowest BCUT2D eigenvalue weighted by Gasteiger charge is -2.37. The summed E-state index contributed by atoms with van der Waals surface area (Å²) in [5.41, 5.74) is -1.57. The molecule has 77 heavy (non-hydrogen) atoms. The first-order valence-corrected chi connectivity index (χ1v) is 23.7. The molecule has 27 nitrogen and oxygen atoms in total. The van der Waals surface area contributed by atoms with Crippen LogP contribution in [0.15, 0.2) is 60.9 Å². The van der Waals surface area contributed by atoms with Crippen LogP contribution in [0.4, 0.5) is 67.0 Å². The molecule has 6 aromatic rings. The average Bonchev–Trinajstić information content (AvgIpc) is 3.40. The van der Waals surface area contributed by atoms with Crippen molar-refractivity contribution in [2.75, 3.05) is 87.2 Å². The Hall–Kier alpha value is -8.63. The van der Waals surface area contributed by atoms with Crippen LogP contribution < -0.4 is 69.0 Å². The Morgan fingerprint density at radius 1 is 0.597 bits per heavy atom. The molecule has 30 heteroatoms. The highest BCUT2D eigenvalue weighted by atomic mass is 31.2. The normalized spacial score (nSPS) is 13.9. The van der Waals surface area contributed by atoms with Gasteiger partial charge in [-0.25, -0.2) is 33.3 Å². The van der Waals surface area contributed by atoms with E-state index in [1.165, 1.54) is 74.7 Å². The predicted octanol–water partition coefficient (Wildman–Crippen LogP) is 6.71. The summed E-state index contributed by atoms with van der Waals surface area (Å²) in [7, 11) is 3.94. The van der Waals surface area contributed by atoms with Crippen molar-refractivity contribution in [3.8, 4) is 46.0 Å². The number of halogens is 2. The van der Waals surface area contributed by atoms with E-state index in [1.54, 1.807) is 44.2 Å². The molecule has 0 atom stereocenters. The summed E-state index contributed by atoms with van der Waals surface area (Å²) in [5, 5.41) is 21.1. The highest BCUT2D eigenvalue weighted by Crippen LogP contribution is 2.44. The summed E-state index contributed by atoms with van der Waals surface area (Å²) in [6.45, 7) is 4.74. The molecule has 2 aromatic carbocycles. The minimum Gasteiger partial charge on any atom is -0.493 e. The van der Waals surface area contributed by atoms with Gasteiger partial charge in [0.2, 0.25) is 23.4 Å². The Morgan fingerprint density at radius 2 is 0.974 bits per heavy atom. The molecule has 0 bridgehead atoms. The molecule has 0 saturated carbocycles. The van der Waals surface area contributed by atoms with Crippen molar-refractivity contribution in [2.24, 2.45) is 0 Å². The van der Waals surface area contributed by atoms with Gasteiger partial charge in [-0.3, -0.25) is 23.9 Å². The Labute approximate surface area is 439 Å². The van der Waals surface area contributed by atoms with Gasteiger partial charge in [0.25, 0.3) is 11.8 Å². The maximum Gasteiger partial charge on any atom is 0.471 e. The van der Waals surface area contributed by atoms with Gasteiger partial charge in [-0.2, -0.15) is 9.97 Å². The van der Waals surface area contributed by atoms with Gasteiger partial charge in [-0.15, -0.1) is 0 Å². The first kappa shape index (κ1) is 57.6. The van der Waals surface area contributed by atoms with Crippen molar-refractivity contribution in [1.82, 2.24) is 29.9 Å². The average molecular weight is 1100 g/mol. The number of fused-ring (bicyclic) bond motifs is 2. The third kappa shape index (κ3) is 12.9. The lowest BCUT2D eigenvalue weighted by molar-refractivity contribution is -0.134. The molecule has 0 unspecified atom stereocenters. The monoisotopic (exact) mass is 1100 g/mol. The van der Waals surface area contributed by atoms with Gasteiger partial charge >= 0.3 is 7.82 Å². The van der Waals surface area contributed by atoms with Crippen molar-refractivity contribution in [2.45, 2.75) is 46.3 Å². The lowest BCUT2D eigenvalue weighted by atomic mass is 10.1. The van der Waals surface area contributed by atoms with E-state index < -0.39 is 55.9 Å². The van der Waals surface area contributed by atoms with Crippen LogP contribution in [0, 0.1) is 11.6 Å². The topological polar surface area (TPSA) is 327 Å². The number of pyridine rings is 2. The molecule has 2 aliphatic rings. The number of hydrogen-bond acceptors (Lipinski definition) is 23. The molecular weight excluding hydrogens is 1040 g/mol. The predicted molar refractivity (Wildman–Crippen MR) is 274 cm³/mol. The fraction of sp³-hybridized carbons (Fsp3) is 0.319. The summed E-state index contributed by atoms with van der Waals surface area (Å²) in [6, 6.07) is 12.5. The Balaban J connectivity index is 0.000000248. The fourth-order valence-corrected chi connectivity index (χ4v) is 7.52. The third-order valence-corrected chi connectivity index (χ3v) is 11.2. The van der Waals surface area contributed by atoms with E-state index in [1.807, 2.05) is 0 Å². The third-order valence-electron chi connectivity index (χ3n) is 10.8. The number of benzene rings is 2. The van der Waals surface area contributed by atoms with E-state index in [-0.39, 0.29) is 60.0 Å². The van der Waals surface area contributed by atoms with Gasteiger partial charge in [0, 0.05) is 35.6 Å². The number of aliphatic hydroxyl groups is 1. The van der Waals surface area contributed by atoms with Gasteiger partial charge < -0.3 is 74.1 Å². The second-order valence-corrected chi connectivity index (χ2v) is 18.0. The molecule has 0 spiro atoms. The number of rotatable bonds is 18. The maximum absolute atomic E-state index is 14.7. The lowest BCUT2D eigenvalue weighted by Crippen LogP contribution is -2.53. The number of aromatic nitrogens is 6. The van der Waals surface area contributed by atoms with Crippen LogP contribution in [-0.4, -0.2) is 124 Å². The summed E-state index contributed by atoms with van der Waals surface area (Å²) in [5.74, 6) is -0.0683. The van der Waals surface area contributed by atoms with Crippen LogP contribution in [0.5, 0.6) is 46.0 Å².